The van der Waals surface area contributed by atoms with Crippen LogP contribution >= 0.6 is 0 Å². The van der Waals surface area contributed by atoms with E-state index < -0.39 is 0 Å². The maximum absolute atomic E-state index is 5.66. The molecule has 0 heterocycles. The van der Waals surface area contributed by atoms with Crippen LogP contribution in [0.2, 0.25) is 0 Å². The monoisotopic (exact) mass is 283 g/mol. The lowest BCUT2D eigenvalue weighted by Crippen LogP contribution is -2.09. The fourth-order valence-corrected chi connectivity index (χ4v) is 1.58. The largest absolute Gasteiger partial charge is 0.493 e. The van der Waals surface area contributed by atoms with Gasteiger partial charge in [0.15, 0.2) is 0 Å². The Morgan fingerprint density at radius 1 is 0.900 bits per heavy atom. The standard InChI is InChI=1S/C15H25NO4/c1-17-7-3-8-18-11-12-19-9-4-10-20-15-6-2-5-14(16)13-15/h2,5-6,13H,3-4,7-12,16H2,1H3. The van der Waals surface area contributed by atoms with Crippen molar-refractivity contribution in [3.8, 4) is 5.75 Å². The highest BCUT2D eigenvalue weighted by Gasteiger charge is 1.95. The molecule has 0 amide bonds. The molecule has 20 heavy (non-hydrogen) atoms. The molecule has 0 aliphatic carbocycles. The summed E-state index contributed by atoms with van der Waals surface area (Å²) >= 11 is 0. The lowest BCUT2D eigenvalue weighted by atomic mass is 10.3. The van der Waals surface area contributed by atoms with Crippen molar-refractivity contribution in [3.63, 3.8) is 0 Å². The average molecular weight is 283 g/mol. The molecule has 0 saturated heterocycles. The van der Waals surface area contributed by atoms with Crippen molar-refractivity contribution in [1.29, 1.82) is 0 Å². The van der Waals surface area contributed by atoms with Crippen molar-refractivity contribution in [1.82, 2.24) is 0 Å². The molecule has 0 bridgehead atoms. The van der Waals surface area contributed by atoms with Gasteiger partial charge in [-0.3, -0.25) is 0 Å². The zero-order valence-corrected chi connectivity index (χ0v) is 12.2. The molecule has 2 N–H and O–H groups in total. The smallest absolute Gasteiger partial charge is 0.121 e. The van der Waals surface area contributed by atoms with Crippen LogP contribution < -0.4 is 10.5 Å². The molecule has 0 fully saturated rings. The Morgan fingerprint density at radius 3 is 2.25 bits per heavy atom. The fourth-order valence-electron chi connectivity index (χ4n) is 1.58. The fraction of sp³-hybridized carbons (Fsp3) is 0.600. The van der Waals surface area contributed by atoms with Gasteiger partial charge in [-0.05, 0) is 18.6 Å². The van der Waals surface area contributed by atoms with Gasteiger partial charge in [0.2, 0.25) is 0 Å². The van der Waals surface area contributed by atoms with E-state index in [1.807, 2.05) is 24.3 Å². The first-order valence-corrected chi connectivity index (χ1v) is 6.95. The molecule has 0 spiro atoms. The molecule has 5 nitrogen and oxygen atoms in total. The number of nitrogen functional groups attached to an aromatic ring is 1. The van der Waals surface area contributed by atoms with E-state index in [4.69, 9.17) is 24.7 Å². The number of nitrogens with two attached hydrogens (primary N) is 1. The van der Waals surface area contributed by atoms with E-state index in [0.29, 0.717) is 32.1 Å². The average Bonchev–Trinajstić information content (AvgIpc) is 2.45. The first-order chi connectivity index (χ1) is 9.83. The van der Waals surface area contributed by atoms with Crippen LogP contribution in [0.25, 0.3) is 0 Å². The van der Waals surface area contributed by atoms with E-state index in [1.54, 1.807) is 7.11 Å². The molecule has 1 aromatic rings. The van der Waals surface area contributed by atoms with E-state index >= 15 is 0 Å². The van der Waals surface area contributed by atoms with E-state index in [0.717, 1.165) is 31.8 Å². The topological polar surface area (TPSA) is 62.9 Å². The number of hydrogen-bond acceptors (Lipinski definition) is 5. The molecule has 0 saturated carbocycles. The highest BCUT2D eigenvalue weighted by molar-refractivity contribution is 5.43. The minimum Gasteiger partial charge on any atom is -0.493 e. The molecule has 114 valence electrons. The molecular formula is C15H25NO4. The van der Waals surface area contributed by atoms with Gasteiger partial charge in [-0.25, -0.2) is 0 Å². The molecule has 0 aliphatic rings. The molecule has 1 aromatic carbocycles. The number of anilines is 1. The number of hydrogen-bond donors (Lipinski definition) is 1. The quantitative estimate of drug-likeness (QED) is 0.470. The van der Waals surface area contributed by atoms with Crippen molar-refractivity contribution in [3.05, 3.63) is 24.3 Å². The second-order valence-electron chi connectivity index (χ2n) is 4.35. The normalized spacial score (nSPS) is 10.7. The lowest BCUT2D eigenvalue weighted by molar-refractivity contribution is 0.0364. The number of benzene rings is 1. The van der Waals surface area contributed by atoms with Gasteiger partial charge in [0.05, 0.1) is 19.8 Å². The summed E-state index contributed by atoms with van der Waals surface area (Å²) in [7, 11) is 1.69. The highest BCUT2D eigenvalue weighted by atomic mass is 16.5. The van der Waals surface area contributed by atoms with Crippen LogP contribution in [-0.2, 0) is 14.2 Å². The van der Waals surface area contributed by atoms with Gasteiger partial charge in [-0.2, -0.15) is 0 Å². The maximum atomic E-state index is 5.66. The third-order valence-electron chi connectivity index (χ3n) is 2.57. The van der Waals surface area contributed by atoms with Crippen LogP contribution in [0.3, 0.4) is 0 Å². The Hall–Kier alpha value is -1.30. The summed E-state index contributed by atoms with van der Waals surface area (Å²) in [6.07, 6.45) is 1.77. The van der Waals surface area contributed by atoms with Gasteiger partial charge in [0, 0.05) is 45.1 Å². The maximum Gasteiger partial charge on any atom is 0.121 e. The number of rotatable bonds is 12. The van der Waals surface area contributed by atoms with Gasteiger partial charge in [-0.15, -0.1) is 0 Å². The molecule has 0 aliphatic heterocycles. The SMILES string of the molecule is COCCCOCCOCCCOc1cccc(N)c1. The Balaban J connectivity index is 1.85. The predicted octanol–water partition coefficient (Wildman–Crippen LogP) is 2.11. The zero-order valence-electron chi connectivity index (χ0n) is 12.2. The summed E-state index contributed by atoms with van der Waals surface area (Å²) in [4.78, 5) is 0. The van der Waals surface area contributed by atoms with Crippen LogP contribution in [0.15, 0.2) is 24.3 Å². The Kier molecular flexibility index (Phi) is 9.65. The molecule has 1 rings (SSSR count). The molecule has 0 atom stereocenters. The summed E-state index contributed by atoms with van der Waals surface area (Å²) in [6.45, 7) is 3.99. The van der Waals surface area contributed by atoms with Crippen molar-refractivity contribution in [2.45, 2.75) is 12.8 Å². The zero-order chi connectivity index (χ0) is 14.5. The van der Waals surface area contributed by atoms with Crippen LogP contribution in [0.4, 0.5) is 5.69 Å². The third-order valence-corrected chi connectivity index (χ3v) is 2.57. The highest BCUT2D eigenvalue weighted by Crippen LogP contribution is 2.14. The number of methoxy groups -OCH3 is 1. The van der Waals surface area contributed by atoms with Gasteiger partial charge in [-0.1, -0.05) is 6.07 Å². The van der Waals surface area contributed by atoms with E-state index in [1.165, 1.54) is 0 Å². The summed E-state index contributed by atoms with van der Waals surface area (Å²) in [5.74, 6) is 0.798. The van der Waals surface area contributed by atoms with Gasteiger partial charge >= 0.3 is 0 Å². The van der Waals surface area contributed by atoms with Crippen LogP contribution in [0.5, 0.6) is 5.75 Å². The summed E-state index contributed by atoms with van der Waals surface area (Å²) in [5, 5.41) is 0. The van der Waals surface area contributed by atoms with Crippen molar-refractivity contribution in [2.75, 3.05) is 52.5 Å². The molecule has 5 heteroatoms. The van der Waals surface area contributed by atoms with Crippen molar-refractivity contribution < 1.29 is 18.9 Å². The third kappa shape index (κ3) is 8.74. The summed E-state index contributed by atoms with van der Waals surface area (Å²) in [6, 6.07) is 7.42. The lowest BCUT2D eigenvalue weighted by Gasteiger charge is -2.08. The minimum absolute atomic E-state index is 0.616. The molecule has 0 unspecified atom stereocenters. The first kappa shape index (κ1) is 16.8. The molecular weight excluding hydrogens is 258 g/mol. The van der Waals surface area contributed by atoms with Gasteiger partial charge < -0.3 is 24.7 Å². The van der Waals surface area contributed by atoms with Crippen LogP contribution in [0.1, 0.15) is 12.8 Å². The first-order valence-electron chi connectivity index (χ1n) is 6.95. The predicted molar refractivity (Wildman–Crippen MR) is 79.1 cm³/mol. The Bertz CT molecular complexity index is 346. The second-order valence-corrected chi connectivity index (χ2v) is 4.35. The number of ether oxygens (including phenoxy) is 4. The van der Waals surface area contributed by atoms with Crippen molar-refractivity contribution >= 4 is 5.69 Å². The van der Waals surface area contributed by atoms with E-state index in [9.17, 15) is 0 Å². The second kappa shape index (κ2) is 11.5. The van der Waals surface area contributed by atoms with E-state index in [-0.39, 0.29) is 0 Å². The molecule has 0 radical (unpaired) electrons. The van der Waals surface area contributed by atoms with Gasteiger partial charge in [0.1, 0.15) is 5.75 Å². The molecule has 0 aromatic heterocycles. The Morgan fingerprint density at radius 2 is 1.60 bits per heavy atom. The minimum atomic E-state index is 0.616. The van der Waals surface area contributed by atoms with E-state index in [2.05, 4.69) is 0 Å². The summed E-state index contributed by atoms with van der Waals surface area (Å²) < 4.78 is 21.3. The Labute approximate surface area is 121 Å². The summed E-state index contributed by atoms with van der Waals surface area (Å²) in [5.41, 5.74) is 6.37. The van der Waals surface area contributed by atoms with Crippen LogP contribution in [0, 0.1) is 0 Å². The van der Waals surface area contributed by atoms with Crippen molar-refractivity contribution in [2.24, 2.45) is 0 Å². The van der Waals surface area contributed by atoms with Crippen LogP contribution in [-0.4, -0.2) is 46.8 Å². The van der Waals surface area contributed by atoms with Gasteiger partial charge in [0.25, 0.3) is 0 Å².